The first-order valence-corrected chi connectivity index (χ1v) is 8.21. The summed E-state index contributed by atoms with van der Waals surface area (Å²) in [6, 6.07) is 4.37. The first-order chi connectivity index (χ1) is 11.5. The summed E-state index contributed by atoms with van der Waals surface area (Å²) in [6.07, 6.45) is 0.448. The Balaban J connectivity index is 1.56. The molecule has 1 N–H and O–H groups in total. The number of nitrogens with zero attached hydrogens (tertiary/aromatic N) is 2. The monoisotopic (exact) mass is 371 g/mol. The highest BCUT2D eigenvalue weighted by atomic mass is 35.5. The highest BCUT2D eigenvalue weighted by Gasteiger charge is 2.39. The normalized spacial score (nSPS) is 18.8. The molecule has 0 spiro atoms. The van der Waals surface area contributed by atoms with Gasteiger partial charge in [-0.3, -0.25) is 4.79 Å². The number of imide groups is 1. The summed E-state index contributed by atoms with van der Waals surface area (Å²) >= 11 is 11.8. The number of cyclic esters (lactones) is 1. The van der Waals surface area contributed by atoms with E-state index in [1.54, 1.807) is 23.1 Å². The molecule has 0 bridgehead atoms. The Morgan fingerprint density at radius 2 is 1.88 bits per heavy atom. The Hall–Kier alpha value is -1.99. The van der Waals surface area contributed by atoms with Gasteiger partial charge in [0.15, 0.2) is 6.61 Å². The summed E-state index contributed by atoms with van der Waals surface area (Å²) in [4.78, 5) is 38.3. The van der Waals surface area contributed by atoms with E-state index in [4.69, 9.17) is 27.9 Å². The van der Waals surface area contributed by atoms with Gasteiger partial charge in [-0.25, -0.2) is 14.5 Å². The zero-order valence-corrected chi connectivity index (χ0v) is 14.1. The van der Waals surface area contributed by atoms with Gasteiger partial charge in [0, 0.05) is 24.8 Å². The molecule has 0 atom stereocenters. The summed E-state index contributed by atoms with van der Waals surface area (Å²) in [6.45, 7) is 0.681. The Labute approximate surface area is 148 Å². The van der Waals surface area contributed by atoms with Crippen molar-refractivity contribution >= 4 is 46.9 Å². The molecule has 1 aromatic rings. The third-order valence-corrected chi connectivity index (χ3v) is 4.81. The van der Waals surface area contributed by atoms with Crippen molar-refractivity contribution in [3.63, 3.8) is 0 Å². The molecular formula is C15H15Cl2N3O4. The van der Waals surface area contributed by atoms with Crippen LogP contribution in [0.3, 0.4) is 0 Å². The first kappa shape index (κ1) is 16.9. The molecule has 2 aliphatic rings. The van der Waals surface area contributed by atoms with Gasteiger partial charge in [0.1, 0.15) is 0 Å². The molecule has 0 unspecified atom stereocenters. The maximum Gasteiger partial charge on any atom is 0.417 e. The van der Waals surface area contributed by atoms with E-state index in [-0.39, 0.29) is 24.6 Å². The number of likely N-dealkylation sites (tertiary alicyclic amines) is 1. The molecule has 7 nitrogen and oxygen atoms in total. The van der Waals surface area contributed by atoms with Crippen molar-refractivity contribution in [2.75, 3.05) is 25.0 Å². The van der Waals surface area contributed by atoms with Crippen molar-refractivity contribution in [2.24, 2.45) is 0 Å². The van der Waals surface area contributed by atoms with Crippen molar-refractivity contribution in [1.82, 2.24) is 9.80 Å². The van der Waals surface area contributed by atoms with Gasteiger partial charge < -0.3 is 15.0 Å². The number of hydrogen-bond acceptors (Lipinski definition) is 4. The highest BCUT2D eigenvalue weighted by molar-refractivity contribution is 6.42. The maximum absolute atomic E-state index is 12.3. The number of amides is 4. The van der Waals surface area contributed by atoms with E-state index < -0.39 is 6.09 Å². The molecule has 0 aromatic heterocycles. The van der Waals surface area contributed by atoms with E-state index >= 15 is 0 Å². The van der Waals surface area contributed by atoms with E-state index in [0.29, 0.717) is 41.7 Å². The molecule has 0 saturated carbocycles. The van der Waals surface area contributed by atoms with Crippen LogP contribution in [0.5, 0.6) is 0 Å². The number of carbonyl (C=O) groups is 3. The molecule has 2 aliphatic heterocycles. The molecular weight excluding hydrogens is 357 g/mol. The largest absolute Gasteiger partial charge is 0.439 e. The average molecular weight is 372 g/mol. The van der Waals surface area contributed by atoms with Crippen LogP contribution in [0, 0.1) is 0 Å². The molecule has 2 fully saturated rings. The highest BCUT2D eigenvalue weighted by Crippen LogP contribution is 2.26. The second-order valence-electron chi connectivity index (χ2n) is 5.60. The Morgan fingerprint density at radius 3 is 2.46 bits per heavy atom. The van der Waals surface area contributed by atoms with Crippen LogP contribution in [-0.4, -0.2) is 53.6 Å². The van der Waals surface area contributed by atoms with E-state index in [2.05, 4.69) is 5.32 Å². The van der Waals surface area contributed by atoms with E-state index in [0.717, 1.165) is 4.90 Å². The Kier molecular flexibility index (Phi) is 4.82. The van der Waals surface area contributed by atoms with Gasteiger partial charge >= 0.3 is 12.1 Å². The Morgan fingerprint density at radius 1 is 1.17 bits per heavy atom. The molecule has 2 saturated heterocycles. The van der Waals surface area contributed by atoms with Gasteiger partial charge in [-0.15, -0.1) is 0 Å². The van der Waals surface area contributed by atoms with E-state index in [1.807, 2.05) is 0 Å². The van der Waals surface area contributed by atoms with E-state index in [9.17, 15) is 14.4 Å². The lowest BCUT2D eigenvalue weighted by Crippen LogP contribution is -2.49. The minimum absolute atomic E-state index is 0.198. The minimum atomic E-state index is -0.598. The first-order valence-electron chi connectivity index (χ1n) is 7.45. The number of benzene rings is 1. The van der Waals surface area contributed by atoms with Gasteiger partial charge in [0.25, 0.3) is 5.91 Å². The SMILES string of the molecule is O=C(Nc1ccc(Cl)c(Cl)c1)N1CCC(N2C(=O)COC2=O)CC1. The van der Waals surface area contributed by atoms with Crippen LogP contribution in [-0.2, 0) is 9.53 Å². The van der Waals surface area contributed by atoms with Crippen LogP contribution in [0.2, 0.25) is 10.0 Å². The zero-order valence-electron chi connectivity index (χ0n) is 12.6. The van der Waals surface area contributed by atoms with Gasteiger partial charge in [-0.1, -0.05) is 23.2 Å². The van der Waals surface area contributed by atoms with Crippen LogP contribution >= 0.6 is 23.2 Å². The predicted octanol–water partition coefficient (Wildman–Crippen LogP) is 2.97. The van der Waals surface area contributed by atoms with Gasteiger partial charge in [0.2, 0.25) is 0 Å². The summed E-state index contributed by atoms with van der Waals surface area (Å²) < 4.78 is 4.73. The third-order valence-electron chi connectivity index (χ3n) is 4.07. The molecule has 0 aliphatic carbocycles. The molecule has 1 aromatic carbocycles. The molecule has 3 rings (SSSR count). The number of carbonyl (C=O) groups excluding carboxylic acids is 3. The fourth-order valence-electron chi connectivity index (χ4n) is 2.82. The maximum atomic E-state index is 12.3. The molecule has 2 heterocycles. The topological polar surface area (TPSA) is 79.0 Å². The lowest BCUT2D eigenvalue weighted by molar-refractivity contribution is -0.127. The number of hydrogen-bond donors (Lipinski definition) is 1. The van der Waals surface area contributed by atoms with Crippen LogP contribution in [0.15, 0.2) is 18.2 Å². The summed E-state index contributed by atoms with van der Waals surface area (Å²) in [5.74, 6) is -0.321. The lowest BCUT2D eigenvalue weighted by Gasteiger charge is -2.34. The quantitative estimate of drug-likeness (QED) is 0.866. The zero-order chi connectivity index (χ0) is 17.3. The Bertz CT molecular complexity index is 673. The van der Waals surface area contributed by atoms with E-state index in [1.165, 1.54) is 0 Å². The van der Waals surface area contributed by atoms with Crippen LogP contribution in [0.1, 0.15) is 12.8 Å². The molecule has 4 amide bonds. The van der Waals surface area contributed by atoms with Crippen molar-refractivity contribution in [1.29, 1.82) is 0 Å². The second-order valence-corrected chi connectivity index (χ2v) is 6.41. The number of piperidine rings is 1. The predicted molar refractivity (Wildman–Crippen MR) is 88.3 cm³/mol. The minimum Gasteiger partial charge on any atom is -0.439 e. The van der Waals surface area contributed by atoms with Crippen LogP contribution < -0.4 is 5.32 Å². The average Bonchev–Trinajstić information content (AvgIpc) is 2.90. The number of halogens is 2. The number of ether oxygens (including phenoxy) is 1. The smallest absolute Gasteiger partial charge is 0.417 e. The van der Waals surface area contributed by atoms with Gasteiger partial charge in [-0.2, -0.15) is 0 Å². The van der Waals surface area contributed by atoms with Crippen molar-refractivity contribution in [2.45, 2.75) is 18.9 Å². The number of urea groups is 1. The lowest BCUT2D eigenvalue weighted by atomic mass is 10.0. The molecule has 0 radical (unpaired) electrons. The van der Waals surface area contributed by atoms with Gasteiger partial charge in [-0.05, 0) is 31.0 Å². The third kappa shape index (κ3) is 3.42. The summed E-state index contributed by atoms with van der Waals surface area (Å²) in [7, 11) is 0. The summed E-state index contributed by atoms with van der Waals surface area (Å²) in [5, 5.41) is 3.53. The number of rotatable bonds is 2. The van der Waals surface area contributed by atoms with Crippen LogP contribution in [0.25, 0.3) is 0 Å². The van der Waals surface area contributed by atoms with Crippen molar-refractivity contribution in [3.8, 4) is 0 Å². The fourth-order valence-corrected chi connectivity index (χ4v) is 3.12. The number of nitrogens with one attached hydrogen (secondary N) is 1. The molecule has 128 valence electrons. The van der Waals surface area contributed by atoms with Crippen molar-refractivity contribution < 1.29 is 19.1 Å². The van der Waals surface area contributed by atoms with Gasteiger partial charge in [0.05, 0.1) is 10.0 Å². The number of anilines is 1. The standard InChI is InChI=1S/C15H15Cl2N3O4/c16-11-2-1-9(7-12(11)17)18-14(22)19-5-3-10(4-6-19)20-13(21)8-24-15(20)23/h1-2,7,10H,3-6,8H2,(H,18,22). The van der Waals surface area contributed by atoms with Crippen molar-refractivity contribution in [3.05, 3.63) is 28.2 Å². The summed E-state index contributed by atoms with van der Waals surface area (Å²) in [5.41, 5.74) is 0.551. The second kappa shape index (κ2) is 6.86. The molecule has 9 heteroatoms. The fraction of sp³-hybridized carbons (Fsp3) is 0.400. The van der Waals surface area contributed by atoms with Crippen LogP contribution in [0.4, 0.5) is 15.3 Å². The molecule has 24 heavy (non-hydrogen) atoms.